The summed E-state index contributed by atoms with van der Waals surface area (Å²) in [6, 6.07) is 7.52. The van der Waals surface area contributed by atoms with Crippen LogP contribution >= 0.6 is 0 Å². The van der Waals surface area contributed by atoms with Crippen molar-refractivity contribution in [1.29, 1.82) is 0 Å². The fourth-order valence-corrected chi connectivity index (χ4v) is 1.20. The maximum atomic E-state index is 11.0. The van der Waals surface area contributed by atoms with E-state index >= 15 is 0 Å². The van der Waals surface area contributed by atoms with Gasteiger partial charge in [0.05, 0.1) is 13.7 Å². The molecule has 0 saturated carbocycles. The maximum Gasteiger partial charge on any atom is 0.260 e. The monoisotopic (exact) mass is 224 g/mol. The molecule has 5 nitrogen and oxygen atoms in total. The first-order valence-electron chi connectivity index (χ1n) is 4.92. The second kappa shape index (κ2) is 6.81. The number of ether oxygens (including phenoxy) is 2. The fraction of sp³-hybridized carbons (Fsp3) is 0.364. The molecule has 0 fully saturated rings. The molecule has 0 unspecified atom stereocenters. The summed E-state index contributed by atoms with van der Waals surface area (Å²) in [5.41, 5.74) is 5.92. The Morgan fingerprint density at radius 2 is 2.25 bits per heavy atom. The molecule has 0 saturated heterocycles. The number of nitrogens with one attached hydrogen (secondary N) is 2. The molecule has 1 aromatic rings. The number of methoxy groups -OCH3 is 1. The standard InChI is InChI=1S/C11H16N2O3/c1-12-13-11(14)8-16-7-9-4-3-5-10(6-9)15-2/h3-6,12H,7-8H2,1-2H3,(H,13,14). The van der Waals surface area contributed by atoms with Crippen LogP contribution < -0.4 is 15.6 Å². The van der Waals surface area contributed by atoms with Crippen LogP contribution in [0.5, 0.6) is 5.75 Å². The lowest BCUT2D eigenvalue weighted by atomic mass is 10.2. The minimum absolute atomic E-state index is 0.0258. The summed E-state index contributed by atoms with van der Waals surface area (Å²) in [6.45, 7) is 0.409. The predicted octanol–water partition coefficient (Wildman–Crippen LogP) is 0.462. The van der Waals surface area contributed by atoms with E-state index in [-0.39, 0.29) is 12.5 Å². The van der Waals surface area contributed by atoms with Crippen molar-refractivity contribution in [2.45, 2.75) is 6.61 Å². The average molecular weight is 224 g/mol. The number of amides is 1. The van der Waals surface area contributed by atoms with Crippen LogP contribution in [0.15, 0.2) is 24.3 Å². The zero-order valence-electron chi connectivity index (χ0n) is 9.45. The van der Waals surface area contributed by atoms with Crippen LogP contribution in [0.4, 0.5) is 0 Å². The van der Waals surface area contributed by atoms with Gasteiger partial charge in [0.25, 0.3) is 5.91 Å². The van der Waals surface area contributed by atoms with Gasteiger partial charge in [-0.05, 0) is 17.7 Å². The normalized spacial score (nSPS) is 9.88. The van der Waals surface area contributed by atoms with Crippen molar-refractivity contribution in [3.8, 4) is 5.75 Å². The third-order valence-corrected chi connectivity index (χ3v) is 1.90. The highest BCUT2D eigenvalue weighted by Crippen LogP contribution is 2.12. The quantitative estimate of drug-likeness (QED) is 0.689. The number of hydrogen-bond donors (Lipinski definition) is 2. The Morgan fingerprint density at radius 3 is 2.94 bits per heavy atom. The van der Waals surface area contributed by atoms with E-state index in [9.17, 15) is 4.79 Å². The predicted molar refractivity (Wildman–Crippen MR) is 59.9 cm³/mol. The largest absolute Gasteiger partial charge is 0.497 e. The Morgan fingerprint density at radius 1 is 1.44 bits per heavy atom. The van der Waals surface area contributed by atoms with E-state index in [4.69, 9.17) is 9.47 Å². The second-order valence-electron chi connectivity index (χ2n) is 3.14. The Kier molecular flexibility index (Phi) is 5.31. The molecule has 0 aliphatic rings. The molecule has 0 aliphatic heterocycles. The molecule has 0 spiro atoms. The number of rotatable bonds is 6. The van der Waals surface area contributed by atoms with Gasteiger partial charge in [-0.2, -0.15) is 0 Å². The average Bonchev–Trinajstić information content (AvgIpc) is 2.30. The summed E-state index contributed by atoms with van der Waals surface area (Å²) in [5, 5.41) is 0. The first-order valence-corrected chi connectivity index (χ1v) is 4.92. The number of hydrazine groups is 1. The molecule has 0 heterocycles. The SMILES string of the molecule is CNNC(=O)COCc1cccc(OC)c1. The van der Waals surface area contributed by atoms with Gasteiger partial charge in [0.1, 0.15) is 12.4 Å². The topological polar surface area (TPSA) is 59.6 Å². The lowest BCUT2D eigenvalue weighted by Gasteiger charge is -2.06. The molecule has 0 radical (unpaired) electrons. The first-order chi connectivity index (χ1) is 7.76. The van der Waals surface area contributed by atoms with Gasteiger partial charge in [0.15, 0.2) is 0 Å². The number of benzene rings is 1. The zero-order chi connectivity index (χ0) is 11.8. The van der Waals surface area contributed by atoms with E-state index < -0.39 is 0 Å². The first kappa shape index (κ1) is 12.5. The minimum atomic E-state index is -0.203. The van der Waals surface area contributed by atoms with Gasteiger partial charge in [-0.15, -0.1) is 0 Å². The van der Waals surface area contributed by atoms with Gasteiger partial charge >= 0.3 is 0 Å². The molecule has 0 aromatic heterocycles. The van der Waals surface area contributed by atoms with E-state index in [2.05, 4.69) is 10.9 Å². The second-order valence-corrected chi connectivity index (χ2v) is 3.14. The van der Waals surface area contributed by atoms with Crippen LogP contribution in [0.1, 0.15) is 5.56 Å². The maximum absolute atomic E-state index is 11.0. The van der Waals surface area contributed by atoms with Gasteiger partial charge < -0.3 is 9.47 Å². The molecule has 1 rings (SSSR count). The minimum Gasteiger partial charge on any atom is -0.497 e. The van der Waals surface area contributed by atoms with Gasteiger partial charge in [0.2, 0.25) is 0 Å². The molecule has 0 aliphatic carbocycles. The van der Waals surface area contributed by atoms with Crippen LogP contribution in [0.2, 0.25) is 0 Å². The summed E-state index contributed by atoms with van der Waals surface area (Å²) < 4.78 is 10.3. The van der Waals surface area contributed by atoms with Crippen LogP contribution in [0, 0.1) is 0 Å². The Balaban J connectivity index is 2.34. The fourth-order valence-electron chi connectivity index (χ4n) is 1.20. The highest BCUT2D eigenvalue weighted by atomic mass is 16.5. The molecule has 0 atom stereocenters. The number of carbonyl (C=O) groups is 1. The summed E-state index contributed by atoms with van der Waals surface area (Å²) in [6.07, 6.45) is 0. The molecular formula is C11H16N2O3. The van der Waals surface area contributed by atoms with Crippen molar-refractivity contribution < 1.29 is 14.3 Å². The van der Waals surface area contributed by atoms with Crippen LogP contribution in [0.25, 0.3) is 0 Å². The van der Waals surface area contributed by atoms with Crippen molar-refractivity contribution in [2.24, 2.45) is 0 Å². The highest BCUT2D eigenvalue weighted by Gasteiger charge is 2.00. The lowest BCUT2D eigenvalue weighted by molar-refractivity contribution is -0.126. The van der Waals surface area contributed by atoms with Gasteiger partial charge in [-0.1, -0.05) is 12.1 Å². The lowest BCUT2D eigenvalue weighted by Crippen LogP contribution is -2.36. The summed E-state index contributed by atoms with van der Waals surface area (Å²) in [5.74, 6) is 0.575. The van der Waals surface area contributed by atoms with Crippen LogP contribution in [-0.2, 0) is 16.1 Å². The third-order valence-electron chi connectivity index (χ3n) is 1.90. The van der Waals surface area contributed by atoms with E-state index in [1.807, 2.05) is 24.3 Å². The van der Waals surface area contributed by atoms with E-state index in [1.165, 1.54) is 0 Å². The van der Waals surface area contributed by atoms with Gasteiger partial charge in [-0.25, -0.2) is 5.43 Å². The number of carbonyl (C=O) groups excluding carboxylic acids is 1. The smallest absolute Gasteiger partial charge is 0.260 e. The van der Waals surface area contributed by atoms with Crippen molar-refractivity contribution in [2.75, 3.05) is 20.8 Å². The van der Waals surface area contributed by atoms with Crippen LogP contribution in [0.3, 0.4) is 0 Å². The Bertz CT molecular complexity index is 342. The molecule has 1 amide bonds. The van der Waals surface area contributed by atoms with Crippen molar-refractivity contribution >= 4 is 5.91 Å². The molecule has 2 N–H and O–H groups in total. The molecule has 88 valence electrons. The molecular weight excluding hydrogens is 208 g/mol. The summed E-state index contributed by atoms with van der Waals surface area (Å²) >= 11 is 0. The van der Waals surface area contributed by atoms with Gasteiger partial charge in [-0.3, -0.25) is 10.2 Å². The van der Waals surface area contributed by atoms with Gasteiger partial charge in [0, 0.05) is 7.05 Å². The molecule has 5 heteroatoms. The highest BCUT2D eigenvalue weighted by molar-refractivity contribution is 5.76. The Hall–Kier alpha value is -1.59. The Labute approximate surface area is 94.7 Å². The van der Waals surface area contributed by atoms with Crippen molar-refractivity contribution in [3.05, 3.63) is 29.8 Å². The van der Waals surface area contributed by atoms with Crippen LogP contribution in [-0.4, -0.2) is 26.7 Å². The summed E-state index contributed by atoms with van der Waals surface area (Å²) in [4.78, 5) is 11.0. The van der Waals surface area contributed by atoms with E-state index in [0.29, 0.717) is 6.61 Å². The van der Waals surface area contributed by atoms with E-state index in [1.54, 1.807) is 14.2 Å². The van der Waals surface area contributed by atoms with E-state index in [0.717, 1.165) is 11.3 Å². The molecule has 1 aromatic carbocycles. The number of hydrogen-bond acceptors (Lipinski definition) is 4. The third kappa shape index (κ3) is 4.29. The van der Waals surface area contributed by atoms with Crippen molar-refractivity contribution in [3.63, 3.8) is 0 Å². The molecule has 0 bridgehead atoms. The van der Waals surface area contributed by atoms with Crippen molar-refractivity contribution in [1.82, 2.24) is 10.9 Å². The summed E-state index contributed by atoms with van der Waals surface area (Å²) in [7, 11) is 3.24. The molecule has 16 heavy (non-hydrogen) atoms. The zero-order valence-corrected chi connectivity index (χ0v) is 9.45.